The molecule has 2 heteroatoms. The van der Waals surface area contributed by atoms with Gasteiger partial charge in [0.25, 0.3) is 0 Å². The van der Waals surface area contributed by atoms with Gasteiger partial charge in [-0.2, -0.15) is 0 Å². The van der Waals surface area contributed by atoms with Crippen LogP contribution < -0.4 is 0 Å². The van der Waals surface area contributed by atoms with Crippen LogP contribution in [0.5, 0.6) is 0 Å². The molecule has 0 radical (unpaired) electrons. The molecule has 0 aromatic heterocycles. The summed E-state index contributed by atoms with van der Waals surface area (Å²) in [5.41, 5.74) is 1.49. The van der Waals surface area contributed by atoms with Crippen molar-refractivity contribution in [3.05, 3.63) is 35.9 Å². The molecule has 0 atom stereocenters. The minimum absolute atomic E-state index is 0.0899. The van der Waals surface area contributed by atoms with E-state index in [9.17, 15) is 0 Å². The monoisotopic (exact) mass is 344 g/mol. The molecule has 3 rings (SSSR count). The van der Waals surface area contributed by atoms with Crippen molar-refractivity contribution in [2.24, 2.45) is 17.8 Å². The Morgan fingerprint density at radius 1 is 0.840 bits per heavy atom. The molecular weight excluding hydrogens is 308 g/mol. The van der Waals surface area contributed by atoms with Crippen LogP contribution in [-0.4, -0.2) is 19.5 Å². The van der Waals surface area contributed by atoms with Crippen LogP contribution in [0.1, 0.15) is 70.3 Å². The number of rotatable bonds is 8. The Morgan fingerprint density at radius 2 is 1.56 bits per heavy atom. The zero-order chi connectivity index (χ0) is 17.3. The van der Waals surface area contributed by atoms with Crippen molar-refractivity contribution >= 4 is 0 Å². The fourth-order valence-corrected chi connectivity index (χ4v) is 4.56. The Morgan fingerprint density at radius 3 is 2.24 bits per heavy atom. The first-order chi connectivity index (χ1) is 12.3. The van der Waals surface area contributed by atoms with Crippen LogP contribution in [0, 0.1) is 17.8 Å². The second-order valence-corrected chi connectivity index (χ2v) is 8.20. The highest BCUT2D eigenvalue weighted by Crippen LogP contribution is 2.36. The van der Waals surface area contributed by atoms with Gasteiger partial charge >= 0.3 is 0 Å². The molecule has 1 aromatic carbocycles. The van der Waals surface area contributed by atoms with Crippen molar-refractivity contribution < 1.29 is 9.47 Å². The maximum Gasteiger partial charge on any atom is 0.160 e. The van der Waals surface area contributed by atoms with Crippen LogP contribution in [0.3, 0.4) is 0 Å². The van der Waals surface area contributed by atoms with Gasteiger partial charge in [-0.05, 0) is 56.4 Å². The Labute approximate surface area is 154 Å². The van der Waals surface area contributed by atoms with Crippen LogP contribution in [-0.2, 0) is 15.9 Å². The van der Waals surface area contributed by atoms with Gasteiger partial charge in [-0.25, -0.2) is 0 Å². The van der Waals surface area contributed by atoms with Gasteiger partial charge in [-0.1, -0.05) is 56.5 Å². The minimum atomic E-state index is 0.0899. The van der Waals surface area contributed by atoms with Gasteiger partial charge in [-0.15, -0.1) is 0 Å². The molecule has 0 amide bonds. The third-order valence-electron chi connectivity index (χ3n) is 6.14. The van der Waals surface area contributed by atoms with Gasteiger partial charge in [0.1, 0.15) is 0 Å². The molecule has 0 unspecified atom stereocenters. The summed E-state index contributed by atoms with van der Waals surface area (Å²) < 4.78 is 12.1. The van der Waals surface area contributed by atoms with E-state index in [1.54, 1.807) is 0 Å². The lowest BCUT2D eigenvalue weighted by Crippen LogP contribution is -2.38. The fraction of sp³-hybridized carbons (Fsp3) is 0.739. The highest BCUT2D eigenvalue weighted by atomic mass is 16.7. The predicted octanol–water partition coefficient (Wildman–Crippen LogP) is 6.00. The maximum atomic E-state index is 6.04. The fourth-order valence-electron chi connectivity index (χ4n) is 4.56. The molecule has 2 nitrogen and oxygen atoms in total. The van der Waals surface area contributed by atoms with E-state index in [0.717, 1.165) is 19.1 Å². The third kappa shape index (κ3) is 6.11. The van der Waals surface area contributed by atoms with Crippen LogP contribution >= 0.6 is 0 Å². The number of hydrogen-bond acceptors (Lipinski definition) is 2. The molecule has 2 fully saturated rings. The highest BCUT2D eigenvalue weighted by Gasteiger charge is 2.32. The molecule has 140 valence electrons. The quantitative estimate of drug-likeness (QED) is 0.539. The average molecular weight is 345 g/mol. The highest BCUT2D eigenvalue weighted by molar-refractivity contribution is 5.14. The zero-order valence-corrected chi connectivity index (χ0v) is 16.0. The molecule has 2 aliphatic rings. The van der Waals surface area contributed by atoms with Gasteiger partial charge in [-0.3, -0.25) is 0 Å². The number of hydrogen-bond donors (Lipinski definition) is 0. The third-order valence-corrected chi connectivity index (χ3v) is 6.14. The molecule has 1 aliphatic carbocycles. The van der Waals surface area contributed by atoms with Crippen molar-refractivity contribution in [3.63, 3.8) is 0 Å². The summed E-state index contributed by atoms with van der Waals surface area (Å²) >= 11 is 0. The van der Waals surface area contributed by atoms with Crippen molar-refractivity contribution in [3.8, 4) is 0 Å². The summed E-state index contributed by atoms with van der Waals surface area (Å²) in [4.78, 5) is 0. The molecule has 25 heavy (non-hydrogen) atoms. The first-order valence-electron chi connectivity index (χ1n) is 10.6. The molecule has 0 spiro atoms. The molecule has 0 bridgehead atoms. The van der Waals surface area contributed by atoms with Gasteiger partial charge in [0.15, 0.2) is 6.29 Å². The second-order valence-electron chi connectivity index (χ2n) is 8.20. The van der Waals surface area contributed by atoms with Crippen LogP contribution in [0.15, 0.2) is 30.3 Å². The summed E-state index contributed by atoms with van der Waals surface area (Å²) in [5, 5.41) is 0. The minimum Gasteiger partial charge on any atom is -0.352 e. The van der Waals surface area contributed by atoms with Crippen LogP contribution in [0.2, 0.25) is 0 Å². The molecule has 1 saturated carbocycles. The van der Waals surface area contributed by atoms with Crippen molar-refractivity contribution in [1.29, 1.82) is 0 Å². The normalized spacial score (nSPS) is 30.3. The Balaban J connectivity index is 1.27. The summed E-state index contributed by atoms with van der Waals surface area (Å²) in [6, 6.07) is 10.9. The molecular formula is C23H36O2. The van der Waals surface area contributed by atoms with Crippen LogP contribution in [0.4, 0.5) is 0 Å². The lowest BCUT2D eigenvalue weighted by molar-refractivity contribution is -0.230. The second kappa shape index (κ2) is 10.3. The van der Waals surface area contributed by atoms with E-state index in [2.05, 4.69) is 37.3 Å². The van der Waals surface area contributed by atoms with E-state index in [4.69, 9.17) is 9.47 Å². The number of unbranched alkanes of at least 4 members (excludes halogenated alkanes) is 1. The van der Waals surface area contributed by atoms with Gasteiger partial charge in [0.05, 0.1) is 13.2 Å². The summed E-state index contributed by atoms with van der Waals surface area (Å²) in [6.07, 6.45) is 13.3. The van der Waals surface area contributed by atoms with Crippen molar-refractivity contribution in [2.75, 3.05) is 13.2 Å². The lowest BCUT2D eigenvalue weighted by Gasteiger charge is -2.37. The Hall–Kier alpha value is -0.860. The smallest absolute Gasteiger partial charge is 0.160 e. The van der Waals surface area contributed by atoms with Gasteiger partial charge in [0, 0.05) is 11.8 Å². The van der Waals surface area contributed by atoms with E-state index in [1.807, 2.05) is 0 Å². The first kappa shape index (κ1) is 18.9. The topological polar surface area (TPSA) is 18.5 Å². The lowest BCUT2D eigenvalue weighted by atomic mass is 9.79. The number of benzene rings is 1. The Bertz CT molecular complexity index is 456. The molecule has 1 aromatic rings. The first-order valence-corrected chi connectivity index (χ1v) is 10.6. The molecule has 0 N–H and O–H groups in total. The van der Waals surface area contributed by atoms with Gasteiger partial charge in [0.2, 0.25) is 0 Å². The largest absolute Gasteiger partial charge is 0.352 e. The Kier molecular flexibility index (Phi) is 7.81. The number of aryl methyl sites for hydroxylation is 1. The average Bonchev–Trinajstić information content (AvgIpc) is 2.68. The maximum absolute atomic E-state index is 6.04. The molecule has 1 saturated heterocycles. The zero-order valence-electron chi connectivity index (χ0n) is 16.0. The van der Waals surface area contributed by atoms with Crippen molar-refractivity contribution in [1.82, 2.24) is 0 Å². The standard InChI is InChI=1S/C23H36O2/c1-2-8-21-17-24-23(25-18-21)22-15-13-20(14-16-22)12-7-6-11-19-9-4-3-5-10-19/h3-5,9-10,20-23H,2,6-8,11-18H2,1H3. The van der Waals surface area contributed by atoms with E-state index < -0.39 is 0 Å². The van der Waals surface area contributed by atoms with E-state index in [0.29, 0.717) is 11.8 Å². The van der Waals surface area contributed by atoms with E-state index in [1.165, 1.54) is 69.8 Å². The van der Waals surface area contributed by atoms with E-state index >= 15 is 0 Å². The SMILES string of the molecule is CCCC1COC(C2CCC(CCCCc3ccccc3)CC2)OC1. The summed E-state index contributed by atoms with van der Waals surface area (Å²) in [5.74, 6) is 2.20. The van der Waals surface area contributed by atoms with Crippen LogP contribution in [0.25, 0.3) is 0 Å². The molecule has 1 aliphatic heterocycles. The summed E-state index contributed by atoms with van der Waals surface area (Å²) in [7, 11) is 0. The van der Waals surface area contributed by atoms with Crippen molar-refractivity contribution in [2.45, 2.75) is 77.4 Å². The molecule has 1 heterocycles. The van der Waals surface area contributed by atoms with Gasteiger partial charge < -0.3 is 9.47 Å². The number of ether oxygens (including phenoxy) is 2. The van der Waals surface area contributed by atoms with E-state index in [-0.39, 0.29) is 6.29 Å². The predicted molar refractivity (Wildman–Crippen MR) is 104 cm³/mol. The summed E-state index contributed by atoms with van der Waals surface area (Å²) in [6.45, 7) is 4.07.